The molecule has 0 rings (SSSR count). The number of nitrogens with zero attached hydrogens (tertiary/aromatic N) is 1. The molecule has 0 radical (unpaired) electrons. The molecule has 0 amide bonds. The predicted molar refractivity (Wildman–Crippen MR) is 112 cm³/mol. The van der Waals surface area contributed by atoms with Crippen LogP contribution in [0, 0.1) is 0 Å². The minimum atomic E-state index is -10.7. The predicted octanol–water partition coefficient (Wildman–Crippen LogP) is 9.72. The second-order valence-corrected chi connectivity index (χ2v) is 10.5. The van der Waals surface area contributed by atoms with E-state index >= 15 is 0 Å². The molecule has 0 saturated carbocycles. The quantitative estimate of drug-likeness (QED) is 0.115. The zero-order chi connectivity index (χ0) is 21.5. The SMILES string of the molecule is CCCCCCCCCCCCCCCC[N+](C)(C)C.F[P-](F)(F)(F)(F)F.N. The van der Waals surface area contributed by atoms with Crippen LogP contribution in [0.25, 0.3) is 0 Å². The van der Waals surface area contributed by atoms with Gasteiger partial charge in [0.1, 0.15) is 0 Å². The average molecular weight is 447 g/mol. The molecule has 0 unspecified atom stereocenters. The maximum absolute atomic E-state index is 10.7. The van der Waals surface area contributed by atoms with E-state index in [4.69, 9.17) is 0 Å². The Morgan fingerprint density at radius 1 is 0.500 bits per heavy atom. The Bertz CT molecular complexity index is 341. The third-order valence-corrected chi connectivity index (χ3v) is 4.18. The van der Waals surface area contributed by atoms with Crippen molar-refractivity contribution < 1.29 is 29.7 Å². The molecule has 0 aliphatic carbocycles. The van der Waals surface area contributed by atoms with Crippen LogP contribution in [0.4, 0.5) is 25.2 Å². The molecule has 0 atom stereocenters. The van der Waals surface area contributed by atoms with Crippen LogP contribution in [0.3, 0.4) is 0 Å². The molecule has 0 aliphatic heterocycles. The van der Waals surface area contributed by atoms with Crippen LogP contribution in [0.15, 0.2) is 0 Å². The van der Waals surface area contributed by atoms with Gasteiger partial charge < -0.3 is 10.6 Å². The average Bonchev–Trinajstić information content (AvgIpc) is 2.43. The third-order valence-electron chi connectivity index (χ3n) is 4.18. The minimum Gasteiger partial charge on any atom is -0.344 e. The molecule has 0 spiro atoms. The van der Waals surface area contributed by atoms with Crippen molar-refractivity contribution in [3.8, 4) is 0 Å². The number of hydrogen-bond acceptors (Lipinski definition) is 1. The van der Waals surface area contributed by atoms with Crippen molar-refractivity contribution in [1.82, 2.24) is 6.15 Å². The summed E-state index contributed by atoms with van der Waals surface area (Å²) < 4.78 is 60.3. The summed E-state index contributed by atoms with van der Waals surface area (Å²) in [6.07, 6.45) is 20.4. The molecule has 0 aliphatic rings. The second-order valence-electron chi connectivity index (χ2n) is 8.57. The minimum absolute atomic E-state index is 0. The van der Waals surface area contributed by atoms with Crippen molar-refractivity contribution in [2.45, 2.75) is 96.8 Å². The standard InChI is InChI=1S/C19H42N.F6P.H3N/c1-5-6-7-8-9-10-11-12-13-14-15-16-17-18-19-20(2,3)4;1-7(2,3,4,5)6;/h5-19H2,1-4H3;;1H3/q+1;-1;. The third kappa shape index (κ3) is 56.2. The first-order chi connectivity index (χ1) is 12.0. The summed E-state index contributed by atoms with van der Waals surface area (Å²) in [5.74, 6) is 0. The summed E-state index contributed by atoms with van der Waals surface area (Å²) in [7, 11) is -3.78. The van der Waals surface area contributed by atoms with E-state index in [1.165, 1.54) is 96.4 Å². The molecule has 0 aromatic heterocycles. The summed E-state index contributed by atoms with van der Waals surface area (Å²) >= 11 is 0. The summed E-state index contributed by atoms with van der Waals surface area (Å²) in [6.45, 7) is 3.63. The molecule has 9 heteroatoms. The molecule has 178 valence electrons. The Hall–Kier alpha value is -0.0700. The second kappa shape index (κ2) is 14.0. The Morgan fingerprint density at radius 2 is 0.714 bits per heavy atom. The molecule has 0 aromatic carbocycles. The molecule has 0 aromatic rings. The van der Waals surface area contributed by atoms with Crippen molar-refractivity contribution in [3.63, 3.8) is 0 Å². The maximum Gasteiger partial charge on any atom is -0.344 e. The van der Waals surface area contributed by atoms with Crippen LogP contribution in [0.2, 0.25) is 0 Å². The van der Waals surface area contributed by atoms with Crippen LogP contribution in [-0.4, -0.2) is 32.2 Å². The summed E-state index contributed by atoms with van der Waals surface area (Å²) in [6, 6.07) is 0. The molecule has 3 N–H and O–H groups in total. The van der Waals surface area contributed by atoms with Gasteiger partial charge in [-0.2, -0.15) is 0 Å². The largest absolute Gasteiger partial charge is 0.344 e. The van der Waals surface area contributed by atoms with E-state index in [-0.39, 0.29) is 6.15 Å². The Kier molecular flexibility index (Phi) is 16.3. The van der Waals surface area contributed by atoms with E-state index in [9.17, 15) is 25.2 Å². The van der Waals surface area contributed by atoms with E-state index < -0.39 is 7.81 Å². The van der Waals surface area contributed by atoms with Crippen LogP contribution >= 0.6 is 7.81 Å². The summed E-state index contributed by atoms with van der Waals surface area (Å²) in [5, 5.41) is 0. The fourth-order valence-corrected chi connectivity index (χ4v) is 2.78. The first-order valence-corrected chi connectivity index (χ1v) is 12.4. The molecule has 0 fully saturated rings. The first kappa shape index (κ1) is 32.6. The van der Waals surface area contributed by atoms with Gasteiger partial charge in [0.05, 0.1) is 27.7 Å². The monoisotopic (exact) mass is 446 g/mol. The van der Waals surface area contributed by atoms with Crippen LogP contribution in [0.1, 0.15) is 96.8 Å². The molecular formula is C19H45F6N2P. The number of rotatable bonds is 15. The summed E-state index contributed by atoms with van der Waals surface area (Å²) in [5.41, 5.74) is 0. The zero-order valence-corrected chi connectivity index (χ0v) is 19.4. The maximum atomic E-state index is 9.87. The van der Waals surface area contributed by atoms with Crippen molar-refractivity contribution in [2.24, 2.45) is 0 Å². The number of unbranched alkanes of at least 4 members (excludes halogenated alkanes) is 13. The molecule has 0 bridgehead atoms. The Morgan fingerprint density at radius 3 is 0.929 bits per heavy atom. The van der Waals surface area contributed by atoms with Gasteiger partial charge in [0.15, 0.2) is 0 Å². The van der Waals surface area contributed by atoms with E-state index in [0.29, 0.717) is 0 Å². The zero-order valence-electron chi connectivity index (χ0n) is 18.5. The number of quaternary nitrogens is 1. The van der Waals surface area contributed by atoms with Gasteiger partial charge in [0.25, 0.3) is 0 Å². The van der Waals surface area contributed by atoms with Gasteiger partial charge in [-0.1, -0.05) is 84.0 Å². The molecular weight excluding hydrogens is 401 g/mol. The van der Waals surface area contributed by atoms with Gasteiger partial charge in [-0.3, -0.25) is 0 Å². The van der Waals surface area contributed by atoms with Crippen molar-refractivity contribution in [2.75, 3.05) is 27.7 Å². The first-order valence-electron chi connectivity index (χ1n) is 10.4. The van der Waals surface area contributed by atoms with Crippen LogP contribution < -0.4 is 6.15 Å². The van der Waals surface area contributed by atoms with Crippen LogP contribution in [0.5, 0.6) is 0 Å². The van der Waals surface area contributed by atoms with Crippen LogP contribution in [-0.2, 0) is 0 Å². The number of halogens is 6. The van der Waals surface area contributed by atoms with Crippen molar-refractivity contribution in [3.05, 3.63) is 0 Å². The fraction of sp³-hybridized carbons (Fsp3) is 1.00. The van der Waals surface area contributed by atoms with E-state index in [1.807, 2.05) is 0 Å². The normalized spacial score (nSPS) is 14.4. The van der Waals surface area contributed by atoms with E-state index in [0.717, 1.165) is 4.48 Å². The molecule has 0 saturated heterocycles. The Labute approximate surface area is 168 Å². The molecule has 28 heavy (non-hydrogen) atoms. The van der Waals surface area contributed by atoms with E-state index in [2.05, 4.69) is 28.1 Å². The Balaban J connectivity index is -0.000000665. The number of hydrogen-bond donors (Lipinski definition) is 1. The fourth-order valence-electron chi connectivity index (χ4n) is 2.78. The van der Waals surface area contributed by atoms with Crippen molar-refractivity contribution >= 4 is 7.81 Å². The van der Waals surface area contributed by atoms with Crippen molar-refractivity contribution in [1.29, 1.82) is 0 Å². The van der Waals surface area contributed by atoms with Gasteiger partial charge in [-0.05, 0) is 12.8 Å². The van der Waals surface area contributed by atoms with Gasteiger partial charge in [-0.25, -0.2) is 0 Å². The van der Waals surface area contributed by atoms with Gasteiger partial charge >= 0.3 is 33.0 Å². The molecule has 0 heterocycles. The van der Waals surface area contributed by atoms with Gasteiger partial charge in [0.2, 0.25) is 0 Å². The molecule has 2 nitrogen and oxygen atoms in total. The summed E-state index contributed by atoms with van der Waals surface area (Å²) in [4.78, 5) is 0. The topological polar surface area (TPSA) is 35.0 Å². The smallest absolute Gasteiger partial charge is 0.344 e. The van der Waals surface area contributed by atoms with Gasteiger partial charge in [0, 0.05) is 0 Å². The van der Waals surface area contributed by atoms with E-state index in [1.54, 1.807) is 0 Å². The van der Waals surface area contributed by atoms with Gasteiger partial charge in [-0.15, -0.1) is 0 Å².